The lowest BCUT2D eigenvalue weighted by molar-refractivity contribution is 0.0533. The molecule has 1 atom stereocenters. The number of nitrogens with two attached hydrogens (primary N) is 1. The summed E-state index contributed by atoms with van der Waals surface area (Å²) in [5, 5.41) is 0.419. The number of ether oxygens (including phenoxy) is 1. The number of anilines is 2. The Hall–Kier alpha value is -0.860. The molecule has 1 aliphatic carbocycles. The second-order valence-electron chi connectivity index (χ2n) is 5.07. The average Bonchev–Trinajstić information content (AvgIpc) is 3.13. The number of hydrogen-bond donors (Lipinski definition) is 1. The summed E-state index contributed by atoms with van der Waals surface area (Å²) in [6.45, 7) is 3.93. The summed E-state index contributed by atoms with van der Waals surface area (Å²) in [4.78, 5) is 2.27. The van der Waals surface area contributed by atoms with Crippen molar-refractivity contribution in [2.24, 2.45) is 0 Å². The maximum atomic E-state index is 12.5. The first-order valence-electron chi connectivity index (χ1n) is 6.35. The summed E-state index contributed by atoms with van der Waals surface area (Å²) in [5.74, 6) is 0.144. The van der Waals surface area contributed by atoms with Gasteiger partial charge < -0.3 is 15.4 Å². The molecule has 1 aliphatic heterocycles. The van der Waals surface area contributed by atoms with Crippen molar-refractivity contribution in [3.05, 3.63) is 0 Å². The van der Waals surface area contributed by atoms with Crippen LogP contribution in [0.15, 0.2) is 4.90 Å². The van der Waals surface area contributed by atoms with Crippen molar-refractivity contribution < 1.29 is 13.2 Å². The second-order valence-corrected chi connectivity index (χ2v) is 7.99. The van der Waals surface area contributed by atoms with E-state index in [0.29, 0.717) is 24.7 Å². The molecule has 2 N–H and O–H groups in total. The van der Waals surface area contributed by atoms with Gasteiger partial charge in [0.1, 0.15) is 9.90 Å². The summed E-state index contributed by atoms with van der Waals surface area (Å²) < 4.78 is 34.4. The molecule has 2 fully saturated rings. The number of nitrogen functional groups attached to an aromatic ring is 1. The summed E-state index contributed by atoms with van der Waals surface area (Å²) in [6, 6.07) is 0. The predicted octanol–water partition coefficient (Wildman–Crippen LogP) is 0.887. The first-order valence-corrected chi connectivity index (χ1v) is 8.67. The Labute approximate surface area is 116 Å². The molecule has 1 saturated heterocycles. The highest BCUT2D eigenvalue weighted by atomic mass is 32.2. The molecule has 0 bridgehead atoms. The van der Waals surface area contributed by atoms with Crippen LogP contribution in [0.4, 0.5) is 10.8 Å². The minimum atomic E-state index is -3.31. The van der Waals surface area contributed by atoms with Gasteiger partial charge in [-0.05, 0) is 31.3 Å². The van der Waals surface area contributed by atoms with Crippen LogP contribution in [0.25, 0.3) is 0 Å². The molecule has 1 unspecified atom stereocenters. The summed E-state index contributed by atoms with van der Waals surface area (Å²) in [7, 11) is -3.31. The molecule has 8 heteroatoms. The van der Waals surface area contributed by atoms with Crippen LogP contribution >= 0.6 is 11.5 Å². The number of rotatable bonds is 3. The number of aromatic nitrogens is 1. The summed E-state index contributed by atoms with van der Waals surface area (Å²) in [6.07, 6.45) is 1.56. The lowest BCUT2D eigenvalue weighted by Gasteiger charge is -2.32. The van der Waals surface area contributed by atoms with Crippen molar-refractivity contribution in [3.8, 4) is 0 Å². The molecule has 19 heavy (non-hydrogen) atoms. The van der Waals surface area contributed by atoms with Gasteiger partial charge in [0.15, 0.2) is 15.7 Å². The van der Waals surface area contributed by atoms with Crippen molar-refractivity contribution >= 4 is 32.2 Å². The Balaban J connectivity index is 1.98. The van der Waals surface area contributed by atoms with Gasteiger partial charge in [-0.15, -0.1) is 0 Å². The zero-order chi connectivity index (χ0) is 13.6. The number of hydrogen-bond acceptors (Lipinski definition) is 7. The first-order chi connectivity index (χ1) is 9.00. The standard InChI is InChI=1S/C11H17N3O3S2/c1-7-6-14(4-5-17-7)11-9(10(12)13-18-11)19(15,16)8-2-3-8/h7-8H,2-6H2,1H3,(H2,12,13). The average molecular weight is 303 g/mol. The van der Waals surface area contributed by atoms with E-state index in [-0.39, 0.29) is 22.1 Å². The Kier molecular flexibility index (Phi) is 3.18. The SMILES string of the molecule is CC1CN(c2snc(N)c2S(=O)(=O)C2CC2)CCO1. The molecule has 0 aromatic carbocycles. The largest absolute Gasteiger partial charge is 0.382 e. The molecular weight excluding hydrogens is 286 g/mol. The summed E-state index contributed by atoms with van der Waals surface area (Å²) in [5.41, 5.74) is 5.80. The fourth-order valence-corrected chi connectivity index (χ4v) is 5.36. The third-order valence-corrected chi connectivity index (χ3v) is 6.81. The van der Waals surface area contributed by atoms with Gasteiger partial charge in [0.25, 0.3) is 0 Å². The van der Waals surface area contributed by atoms with E-state index in [4.69, 9.17) is 10.5 Å². The van der Waals surface area contributed by atoms with Gasteiger partial charge in [0.05, 0.1) is 18.0 Å². The van der Waals surface area contributed by atoms with E-state index in [1.807, 2.05) is 11.8 Å². The van der Waals surface area contributed by atoms with E-state index < -0.39 is 9.84 Å². The van der Waals surface area contributed by atoms with E-state index in [2.05, 4.69) is 4.37 Å². The monoisotopic (exact) mass is 303 g/mol. The van der Waals surface area contributed by atoms with Crippen LogP contribution < -0.4 is 10.6 Å². The minimum absolute atomic E-state index is 0.0913. The molecule has 1 saturated carbocycles. The smallest absolute Gasteiger partial charge is 0.187 e. The van der Waals surface area contributed by atoms with Gasteiger partial charge in [-0.1, -0.05) is 0 Å². The summed E-state index contributed by atoms with van der Waals surface area (Å²) >= 11 is 1.17. The van der Waals surface area contributed by atoms with Crippen LogP contribution in [0.5, 0.6) is 0 Å². The topological polar surface area (TPSA) is 85.5 Å². The molecular formula is C11H17N3O3S2. The van der Waals surface area contributed by atoms with Gasteiger partial charge in [-0.2, -0.15) is 4.37 Å². The Morgan fingerprint density at radius 2 is 2.21 bits per heavy atom. The molecule has 2 heterocycles. The van der Waals surface area contributed by atoms with E-state index in [1.54, 1.807) is 0 Å². The van der Waals surface area contributed by atoms with Crippen LogP contribution in [-0.2, 0) is 14.6 Å². The Bertz CT molecular complexity index is 580. The molecule has 2 aliphatic rings. The highest BCUT2D eigenvalue weighted by molar-refractivity contribution is 7.92. The lowest BCUT2D eigenvalue weighted by Crippen LogP contribution is -2.41. The molecule has 1 aromatic heterocycles. The molecule has 0 spiro atoms. The van der Waals surface area contributed by atoms with E-state index >= 15 is 0 Å². The van der Waals surface area contributed by atoms with Crippen molar-refractivity contribution in [3.63, 3.8) is 0 Å². The predicted molar refractivity (Wildman–Crippen MR) is 74.4 cm³/mol. The fourth-order valence-electron chi connectivity index (χ4n) is 2.30. The second kappa shape index (κ2) is 4.60. The van der Waals surface area contributed by atoms with Crippen LogP contribution in [0.1, 0.15) is 19.8 Å². The molecule has 6 nitrogen and oxygen atoms in total. The number of morpholine rings is 1. The molecule has 1 aromatic rings. The Morgan fingerprint density at radius 1 is 1.47 bits per heavy atom. The van der Waals surface area contributed by atoms with E-state index in [0.717, 1.165) is 12.8 Å². The fraction of sp³-hybridized carbons (Fsp3) is 0.727. The highest BCUT2D eigenvalue weighted by Gasteiger charge is 2.41. The van der Waals surface area contributed by atoms with E-state index in [1.165, 1.54) is 11.5 Å². The minimum Gasteiger partial charge on any atom is -0.382 e. The molecule has 0 amide bonds. The van der Waals surface area contributed by atoms with Gasteiger partial charge in [-0.3, -0.25) is 0 Å². The first kappa shape index (κ1) is 13.1. The van der Waals surface area contributed by atoms with E-state index in [9.17, 15) is 8.42 Å². The molecule has 3 rings (SSSR count). The highest BCUT2D eigenvalue weighted by Crippen LogP contribution is 2.42. The zero-order valence-corrected chi connectivity index (χ0v) is 12.3. The van der Waals surface area contributed by atoms with Crippen molar-refractivity contribution in [1.29, 1.82) is 0 Å². The van der Waals surface area contributed by atoms with Crippen LogP contribution in [0.2, 0.25) is 0 Å². The van der Waals surface area contributed by atoms with Crippen LogP contribution in [0, 0.1) is 0 Å². The van der Waals surface area contributed by atoms with Crippen molar-refractivity contribution in [2.75, 3.05) is 30.3 Å². The normalized spacial score (nSPS) is 24.7. The lowest BCUT2D eigenvalue weighted by atomic mass is 10.3. The van der Waals surface area contributed by atoms with Gasteiger partial charge in [0, 0.05) is 13.1 Å². The van der Waals surface area contributed by atoms with Crippen LogP contribution in [-0.4, -0.2) is 43.8 Å². The zero-order valence-electron chi connectivity index (χ0n) is 10.7. The maximum absolute atomic E-state index is 12.5. The molecule has 106 valence electrons. The Morgan fingerprint density at radius 3 is 2.84 bits per heavy atom. The number of nitrogens with zero attached hydrogens (tertiary/aromatic N) is 2. The maximum Gasteiger partial charge on any atom is 0.187 e. The third kappa shape index (κ3) is 2.32. The van der Waals surface area contributed by atoms with Crippen molar-refractivity contribution in [1.82, 2.24) is 4.37 Å². The number of sulfone groups is 1. The third-order valence-electron chi connectivity index (χ3n) is 3.43. The quantitative estimate of drug-likeness (QED) is 0.892. The van der Waals surface area contributed by atoms with Gasteiger partial charge in [-0.25, -0.2) is 8.42 Å². The van der Waals surface area contributed by atoms with Crippen molar-refractivity contribution in [2.45, 2.75) is 36.0 Å². The molecule has 0 radical (unpaired) electrons. The van der Waals surface area contributed by atoms with Gasteiger partial charge in [0.2, 0.25) is 0 Å². The van der Waals surface area contributed by atoms with Gasteiger partial charge >= 0.3 is 0 Å². The van der Waals surface area contributed by atoms with Crippen LogP contribution in [0.3, 0.4) is 0 Å².